The van der Waals surface area contributed by atoms with Gasteiger partial charge in [0, 0.05) is 0 Å². The first-order valence-corrected chi connectivity index (χ1v) is 4.05. The van der Waals surface area contributed by atoms with E-state index in [1.54, 1.807) is 6.92 Å². The zero-order valence-corrected chi connectivity index (χ0v) is 7.27. The van der Waals surface area contributed by atoms with Crippen molar-refractivity contribution < 1.29 is 19.1 Å². The summed E-state index contributed by atoms with van der Waals surface area (Å²) in [5, 5.41) is -0.474. The second-order valence-corrected chi connectivity index (χ2v) is 2.46. The van der Waals surface area contributed by atoms with E-state index in [0.717, 1.165) is 11.8 Å². The van der Waals surface area contributed by atoms with Crippen molar-refractivity contribution in [1.82, 2.24) is 0 Å². The van der Waals surface area contributed by atoms with Crippen molar-refractivity contribution >= 4 is 23.0 Å². The molecule has 0 radical (unpaired) electrons. The minimum Gasteiger partial charge on any atom is -0.465 e. The Kier molecular flexibility index (Phi) is 5.64. The molecule has 0 fully saturated rings. The molecule has 0 amide bonds. The third-order valence-corrected chi connectivity index (χ3v) is 1.56. The summed E-state index contributed by atoms with van der Waals surface area (Å²) in [6.45, 7) is 2.04. The minimum absolute atomic E-state index is 0.0144. The van der Waals surface area contributed by atoms with Gasteiger partial charge in [-0.2, -0.15) is 0 Å². The van der Waals surface area contributed by atoms with Gasteiger partial charge in [-0.1, -0.05) is 0 Å². The second-order valence-electron chi connectivity index (χ2n) is 1.55. The van der Waals surface area contributed by atoms with Crippen LogP contribution < -0.4 is 0 Å². The van der Waals surface area contributed by atoms with Crippen LogP contribution in [0.5, 0.6) is 0 Å². The van der Waals surface area contributed by atoms with Crippen LogP contribution in [0, 0.1) is 0 Å². The number of carbonyl (C=O) groups is 2. The highest BCUT2D eigenvalue weighted by Gasteiger charge is 2.06. The summed E-state index contributed by atoms with van der Waals surface area (Å²) in [6.07, 6.45) is 0. The van der Waals surface area contributed by atoms with Gasteiger partial charge in [-0.3, -0.25) is 4.79 Å². The normalized spacial score (nSPS) is 8.91. The highest BCUT2D eigenvalue weighted by atomic mass is 32.2. The summed E-state index contributed by atoms with van der Waals surface area (Å²) in [4.78, 5) is 21.1. The number of hydrogen-bond donors (Lipinski definition) is 0. The predicted octanol–water partition coefficient (Wildman–Crippen LogP) is 1.05. The minimum atomic E-state index is -0.474. The lowest BCUT2D eigenvalue weighted by Gasteiger charge is -1.99. The monoisotopic (exact) mass is 178 g/mol. The third kappa shape index (κ3) is 5.72. The molecule has 11 heavy (non-hydrogen) atoms. The summed E-state index contributed by atoms with van der Waals surface area (Å²) < 4.78 is 8.86. The number of thioether (sulfide) groups is 1. The molecule has 0 saturated carbocycles. The van der Waals surface area contributed by atoms with Crippen molar-refractivity contribution in [1.29, 1.82) is 0 Å². The quantitative estimate of drug-likeness (QED) is 0.604. The van der Waals surface area contributed by atoms with E-state index in [0.29, 0.717) is 6.61 Å². The van der Waals surface area contributed by atoms with Gasteiger partial charge < -0.3 is 9.47 Å². The van der Waals surface area contributed by atoms with E-state index in [-0.39, 0.29) is 5.75 Å². The van der Waals surface area contributed by atoms with Crippen LogP contribution in [0.15, 0.2) is 0 Å². The molecule has 4 nitrogen and oxygen atoms in total. The number of hydrogen-bond acceptors (Lipinski definition) is 5. The number of ether oxygens (including phenoxy) is 2. The Bertz CT molecular complexity index is 146. The lowest BCUT2D eigenvalue weighted by Crippen LogP contribution is -2.08. The number of carbonyl (C=O) groups excluding carboxylic acids is 2. The van der Waals surface area contributed by atoms with Gasteiger partial charge in [0.2, 0.25) is 0 Å². The molecule has 0 atom stereocenters. The van der Waals surface area contributed by atoms with Crippen LogP contribution in [0.25, 0.3) is 0 Å². The van der Waals surface area contributed by atoms with E-state index in [1.165, 1.54) is 7.11 Å². The lowest BCUT2D eigenvalue weighted by atomic mass is 10.8. The largest absolute Gasteiger partial charge is 0.465 e. The summed E-state index contributed by atoms with van der Waals surface area (Å²) >= 11 is 0.789. The Morgan fingerprint density at radius 1 is 1.45 bits per heavy atom. The Morgan fingerprint density at radius 2 is 2.09 bits per heavy atom. The molecule has 0 heterocycles. The molecule has 0 aromatic heterocycles. The highest BCUT2D eigenvalue weighted by molar-refractivity contribution is 8.13. The van der Waals surface area contributed by atoms with E-state index in [2.05, 4.69) is 9.47 Å². The molecule has 0 rings (SSSR count). The predicted molar refractivity (Wildman–Crippen MR) is 41.5 cm³/mol. The molecular weight excluding hydrogens is 168 g/mol. The lowest BCUT2D eigenvalue weighted by molar-refractivity contribution is -0.139. The zero-order chi connectivity index (χ0) is 8.69. The van der Waals surface area contributed by atoms with Gasteiger partial charge in [0.1, 0.15) is 5.75 Å². The van der Waals surface area contributed by atoms with Gasteiger partial charge in [-0.25, -0.2) is 4.79 Å². The topological polar surface area (TPSA) is 52.6 Å². The van der Waals surface area contributed by atoms with Crippen LogP contribution in [0.3, 0.4) is 0 Å². The third-order valence-electron chi connectivity index (χ3n) is 0.780. The van der Waals surface area contributed by atoms with Crippen LogP contribution in [0.2, 0.25) is 0 Å². The van der Waals surface area contributed by atoms with Crippen molar-refractivity contribution in [2.75, 3.05) is 19.5 Å². The SMILES string of the molecule is CCOC(=O)CSC(=O)OC. The fourth-order valence-corrected chi connectivity index (χ4v) is 0.816. The van der Waals surface area contributed by atoms with Crippen LogP contribution in [-0.4, -0.2) is 30.7 Å². The molecule has 0 bridgehead atoms. The highest BCUT2D eigenvalue weighted by Crippen LogP contribution is 2.03. The average molecular weight is 178 g/mol. The van der Waals surface area contributed by atoms with Crippen molar-refractivity contribution in [2.24, 2.45) is 0 Å². The van der Waals surface area contributed by atoms with E-state index >= 15 is 0 Å². The standard InChI is InChI=1S/C6H10O4S/c1-3-10-5(7)4-11-6(8)9-2/h3-4H2,1-2H3. The smallest absolute Gasteiger partial charge is 0.367 e. The molecular formula is C6H10O4S. The van der Waals surface area contributed by atoms with E-state index in [1.807, 2.05) is 0 Å². The Balaban J connectivity index is 3.38. The van der Waals surface area contributed by atoms with Crippen LogP contribution in [-0.2, 0) is 14.3 Å². The van der Waals surface area contributed by atoms with Crippen molar-refractivity contribution in [3.63, 3.8) is 0 Å². The first kappa shape index (κ1) is 10.3. The van der Waals surface area contributed by atoms with Crippen LogP contribution in [0.1, 0.15) is 6.92 Å². The Morgan fingerprint density at radius 3 is 2.55 bits per heavy atom. The van der Waals surface area contributed by atoms with Gasteiger partial charge in [0.15, 0.2) is 0 Å². The molecule has 0 spiro atoms. The summed E-state index contributed by atoms with van der Waals surface area (Å²) in [5.74, 6) is -0.386. The van der Waals surface area contributed by atoms with Gasteiger partial charge in [0.25, 0.3) is 0 Å². The molecule has 64 valence electrons. The summed E-state index contributed by atoms with van der Waals surface area (Å²) in [6, 6.07) is 0. The van der Waals surface area contributed by atoms with Gasteiger partial charge in [-0.05, 0) is 18.7 Å². The Labute approximate surface area is 69.2 Å². The second kappa shape index (κ2) is 6.03. The molecule has 0 aliphatic heterocycles. The molecule has 0 saturated heterocycles. The maximum Gasteiger partial charge on any atom is 0.367 e. The molecule has 5 heteroatoms. The summed E-state index contributed by atoms with van der Waals surface area (Å²) in [7, 11) is 1.26. The Hall–Kier alpha value is -0.710. The van der Waals surface area contributed by atoms with Crippen LogP contribution in [0.4, 0.5) is 4.79 Å². The molecule has 0 aliphatic rings. The first-order chi connectivity index (χ1) is 5.20. The van der Waals surface area contributed by atoms with E-state index < -0.39 is 11.3 Å². The van der Waals surface area contributed by atoms with E-state index in [9.17, 15) is 9.59 Å². The first-order valence-electron chi connectivity index (χ1n) is 3.07. The number of esters is 1. The molecule has 0 N–H and O–H groups in total. The van der Waals surface area contributed by atoms with E-state index in [4.69, 9.17) is 0 Å². The zero-order valence-electron chi connectivity index (χ0n) is 6.46. The average Bonchev–Trinajstić information content (AvgIpc) is 2.01. The van der Waals surface area contributed by atoms with Crippen molar-refractivity contribution in [3.8, 4) is 0 Å². The molecule has 0 unspecified atom stereocenters. The van der Waals surface area contributed by atoms with Gasteiger partial charge >= 0.3 is 11.3 Å². The molecule has 0 aliphatic carbocycles. The number of rotatable bonds is 3. The van der Waals surface area contributed by atoms with Gasteiger partial charge in [0.05, 0.1) is 13.7 Å². The van der Waals surface area contributed by atoms with Crippen molar-refractivity contribution in [2.45, 2.75) is 6.92 Å². The maximum atomic E-state index is 10.6. The van der Waals surface area contributed by atoms with Crippen molar-refractivity contribution in [3.05, 3.63) is 0 Å². The van der Waals surface area contributed by atoms with Gasteiger partial charge in [-0.15, -0.1) is 0 Å². The summed E-state index contributed by atoms with van der Waals surface area (Å²) in [5.41, 5.74) is 0. The molecule has 0 aromatic rings. The van der Waals surface area contributed by atoms with Crippen LogP contribution >= 0.6 is 11.8 Å². The number of methoxy groups -OCH3 is 1. The fraction of sp³-hybridized carbons (Fsp3) is 0.667. The molecule has 0 aromatic carbocycles. The fourth-order valence-electron chi connectivity index (χ4n) is 0.379. The maximum absolute atomic E-state index is 10.6.